The summed E-state index contributed by atoms with van der Waals surface area (Å²) in [5.41, 5.74) is 0.889. The Kier molecular flexibility index (Phi) is 7.36. The largest absolute Gasteiger partial charge is 0.491 e. The standard InChI is InChI=1S/C18H27NO4/c1-14-5-4-7-16(11-14)23-13-18(21)19-12-15-6-2-3-8-17(15)22-10-9-20/h2-3,6,8,14,16,20H,4-5,7,9-13H2,1H3,(H,19,21)/t14-,16-/m1/s1. The highest BCUT2D eigenvalue weighted by molar-refractivity contribution is 5.77. The fourth-order valence-electron chi connectivity index (χ4n) is 2.91. The van der Waals surface area contributed by atoms with Gasteiger partial charge in [-0.15, -0.1) is 0 Å². The number of amides is 1. The predicted molar refractivity (Wildman–Crippen MR) is 88.2 cm³/mol. The smallest absolute Gasteiger partial charge is 0.246 e. The van der Waals surface area contributed by atoms with Gasteiger partial charge in [0.2, 0.25) is 5.91 Å². The first-order chi connectivity index (χ1) is 11.2. The molecule has 0 saturated heterocycles. The summed E-state index contributed by atoms with van der Waals surface area (Å²) in [5, 5.41) is 11.7. The van der Waals surface area contributed by atoms with Gasteiger partial charge in [0, 0.05) is 12.1 Å². The fourth-order valence-corrected chi connectivity index (χ4v) is 2.91. The minimum absolute atomic E-state index is 0.0334. The molecule has 1 aliphatic rings. The van der Waals surface area contributed by atoms with Crippen molar-refractivity contribution >= 4 is 5.91 Å². The normalized spacial score (nSPS) is 21.0. The van der Waals surface area contributed by atoms with Gasteiger partial charge in [0.15, 0.2) is 0 Å². The predicted octanol–water partition coefficient (Wildman–Crippen LogP) is 2.27. The Bertz CT molecular complexity index is 492. The molecule has 1 amide bonds. The molecular weight excluding hydrogens is 294 g/mol. The topological polar surface area (TPSA) is 67.8 Å². The van der Waals surface area contributed by atoms with Crippen molar-refractivity contribution in [2.75, 3.05) is 19.8 Å². The Morgan fingerprint density at radius 3 is 2.96 bits per heavy atom. The van der Waals surface area contributed by atoms with E-state index in [2.05, 4.69) is 12.2 Å². The minimum Gasteiger partial charge on any atom is -0.491 e. The Balaban J connectivity index is 1.73. The van der Waals surface area contributed by atoms with E-state index in [4.69, 9.17) is 14.6 Å². The van der Waals surface area contributed by atoms with Crippen molar-refractivity contribution in [3.63, 3.8) is 0 Å². The number of nitrogens with one attached hydrogen (secondary N) is 1. The second kappa shape index (κ2) is 9.53. The van der Waals surface area contributed by atoms with Crippen LogP contribution in [-0.4, -0.2) is 36.9 Å². The van der Waals surface area contributed by atoms with Gasteiger partial charge in [-0.1, -0.05) is 38.0 Å². The molecule has 1 fully saturated rings. The summed E-state index contributed by atoms with van der Waals surface area (Å²) in [6, 6.07) is 7.49. The summed E-state index contributed by atoms with van der Waals surface area (Å²) in [6.07, 6.45) is 4.75. The van der Waals surface area contributed by atoms with Gasteiger partial charge >= 0.3 is 0 Å². The second-order valence-corrected chi connectivity index (χ2v) is 6.16. The van der Waals surface area contributed by atoms with Gasteiger partial charge in [-0.3, -0.25) is 4.79 Å². The van der Waals surface area contributed by atoms with Crippen molar-refractivity contribution in [3.8, 4) is 5.75 Å². The molecule has 0 bridgehead atoms. The molecule has 23 heavy (non-hydrogen) atoms. The van der Waals surface area contributed by atoms with Crippen LogP contribution in [0.3, 0.4) is 0 Å². The highest BCUT2D eigenvalue weighted by Crippen LogP contribution is 2.25. The van der Waals surface area contributed by atoms with E-state index in [9.17, 15) is 4.79 Å². The maximum Gasteiger partial charge on any atom is 0.246 e. The molecule has 0 unspecified atom stereocenters. The molecule has 1 saturated carbocycles. The number of hydrogen-bond acceptors (Lipinski definition) is 4. The van der Waals surface area contributed by atoms with Crippen LogP contribution in [0, 0.1) is 5.92 Å². The molecule has 2 atom stereocenters. The monoisotopic (exact) mass is 321 g/mol. The van der Waals surface area contributed by atoms with Crippen molar-refractivity contribution in [3.05, 3.63) is 29.8 Å². The Labute approximate surface area is 138 Å². The van der Waals surface area contributed by atoms with E-state index in [-0.39, 0.29) is 31.8 Å². The van der Waals surface area contributed by atoms with E-state index in [1.54, 1.807) is 0 Å². The van der Waals surface area contributed by atoms with Crippen LogP contribution in [-0.2, 0) is 16.1 Å². The molecule has 0 aromatic heterocycles. The van der Waals surface area contributed by atoms with E-state index >= 15 is 0 Å². The first-order valence-electron chi connectivity index (χ1n) is 8.39. The molecular formula is C18H27NO4. The lowest BCUT2D eigenvalue weighted by atomic mass is 9.89. The quantitative estimate of drug-likeness (QED) is 0.771. The number of ether oxygens (including phenoxy) is 2. The SMILES string of the molecule is C[C@@H]1CCC[C@@H](OCC(=O)NCc2ccccc2OCCO)C1. The summed E-state index contributed by atoms with van der Waals surface area (Å²) >= 11 is 0. The van der Waals surface area contributed by atoms with Gasteiger partial charge in [-0.2, -0.15) is 0 Å². The molecule has 5 nitrogen and oxygen atoms in total. The molecule has 1 aromatic carbocycles. The third kappa shape index (κ3) is 6.20. The molecule has 1 aliphatic carbocycles. The average molecular weight is 321 g/mol. The van der Waals surface area contributed by atoms with E-state index in [1.165, 1.54) is 12.8 Å². The molecule has 5 heteroatoms. The van der Waals surface area contributed by atoms with Gasteiger partial charge in [-0.25, -0.2) is 0 Å². The van der Waals surface area contributed by atoms with Crippen LogP contribution < -0.4 is 10.1 Å². The van der Waals surface area contributed by atoms with E-state index in [0.717, 1.165) is 18.4 Å². The second-order valence-electron chi connectivity index (χ2n) is 6.16. The molecule has 0 radical (unpaired) electrons. The lowest BCUT2D eigenvalue weighted by Gasteiger charge is -2.26. The summed E-state index contributed by atoms with van der Waals surface area (Å²) in [7, 11) is 0. The third-order valence-electron chi connectivity index (χ3n) is 4.14. The van der Waals surface area contributed by atoms with Crippen LogP contribution >= 0.6 is 0 Å². The van der Waals surface area contributed by atoms with E-state index in [1.807, 2.05) is 24.3 Å². The zero-order valence-corrected chi connectivity index (χ0v) is 13.8. The number of hydrogen-bond donors (Lipinski definition) is 2. The minimum atomic E-state index is -0.111. The van der Waals surface area contributed by atoms with Crippen molar-refractivity contribution in [1.82, 2.24) is 5.32 Å². The van der Waals surface area contributed by atoms with Gasteiger partial charge in [-0.05, 0) is 24.8 Å². The molecule has 0 spiro atoms. The number of carbonyl (C=O) groups excluding carboxylic acids is 1. The van der Waals surface area contributed by atoms with Crippen molar-refractivity contribution in [2.45, 2.75) is 45.3 Å². The number of carbonyl (C=O) groups is 1. The number of aliphatic hydroxyl groups is 1. The molecule has 0 aliphatic heterocycles. The molecule has 2 rings (SSSR count). The summed E-state index contributed by atoms with van der Waals surface area (Å²) in [4.78, 5) is 11.9. The van der Waals surface area contributed by atoms with E-state index in [0.29, 0.717) is 18.2 Å². The number of para-hydroxylation sites is 1. The van der Waals surface area contributed by atoms with Crippen LogP contribution in [0.25, 0.3) is 0 Å². The first-order valence-corrected chi connectivity index (χ1v) is 8.39. The first kappa shape index (κ1) is 17.8. The highest BCUT2D eigenvalue weighted by atomic mass is 16.5. The zero-order valence-electron chi connectivity index (χ0n) is 13.8. The Hall–Kier alpha value is -1.59. The fraction of sp³-hybridized carbons (Fsp3) is 0.611. The van der Waals surface area contributed by atoms with Crippen LogP contribution in [0.1, 0.15) is 38.2 Å². The van der Waals surface area contributed by atoms with Crippen LogP contribution in [0.5, 0.6) is 5.75 Å². The number of aliphatic hydroxyl groups excluding tert-OH is 1. The Morgan fingerprint density at radius 1 is 1.35 bits per heavy atom. The lowest BCUT2D eigenvalue weighted by molar-refractivity contribution is -0.128. The van der Waals surface area contributed by atoms with Crippen molar-refractivity contribution in [2.24, 2.45) is 5.92 Å². The summed E-state index contributed by atoms with van der Waals surface area (Å²) in [5.74, 6) is 1.26. The van der Waals surface area contributed by atoms with Crippen LogP contribution in [0.15, 0.2) is 24.3 Å². The van der Waals surface area contributed by atoms with Gasteiger partial charge in [0.1, 0.15) is 19.0 Å². The summed E-state index contributed by atoms with van der Waals surface area (Å²) < 4.78 is 11.2. The Morgan fingerprint density at radius 2 is 2.17 bits per heavy atom. The molecule has 1 aromatic rings. The van der Waals surface area contributed by atoms with Gasteiger partial charge < -0.3 is 19.9 Å². The lowest BCUT2D eigenvalue weighted by Crippen LogP contribution is -2.31. The van der Waals surface area contributed by atoms with Crippen molar-refractivity contribution in [1.29, 1.82) is 0 Å². The molecule has 2 N–H and O–H groups in total. The number of benzene rings is 1. The van der Waals surface area contributed by atoms with Crippen LogP contribution in [0.4, 0.5) is 0 Å². The van der Waals surface area contributed by atoms with Gasteiger partial charge in [0.05, 0.1) is 12.7 Å². The third-order valence-corrected chi connectivity index (χ3v) is 4.14. The summed E-state index contributed by atoms with van der Waals surface area (Å²) in [6.45, 7) is 2.95. The van der Waals surface area contributed by atoms with Crippen LogP contribution in [0.2, 0.25) is 0 Å². The van der Waals surface area contributed by atoms with E-state index < -0.39 is 0 Å². The highest BCUT2D eigenvalue weighted by Gasteiger charge is 2.20. The maximum absolute atomic E-state index is 11.9. The zero-order chi connectivity index (χ0) is 16.5. The van der Waals surface area contributed by atoms with Crippen molar-refractivity contribution < 1.29 is 19.4 Å². The molecule has 0 heterocycles. The number of rotatable bonds is 8. The average Bonchev–Trinajstić information content (AvgIpc) is 2.57. The maximum atomic E-state index is 11.9. The van der Waals surface area contributed by atoms with Gasteiger partial charge in [0.25, 0.3) is 0 Å². The molecule has 128 valence electrons.